The fraction of sp³-hybridized carbons (Fsp3) is 0.500. The van der Waals surface area contributed by atoms with Crippen molar-refractivity contribution in [3.05, 3.63) is 35.4 Å². The standard InChI is InChI=1S/C12H16O3/c1-9(8-13)10-2-4-11(5-3-10)12-14-6-7-15-12/h2-5,9,12-13H,6-8H2,1H3. The van der Waals surface area contributed by atoms with Gasteiger partial charge in [-0.3, -0.25) is 0 Å². The molecule has 1 atom stereocenters. The highest BCUT2D eigenvalue weighted by Gasteiger charge is 2.18. The van der Waals surface area contributed by atoms with Crippen molar-refractivity contribution in [2.75, 3.05) is 19.8 Å². The van der Waals surface area contributed by atoms with Gasteiger partial charge in [-0.1, -0.05) is 31.2 Å². The Morgan fingerprint density at radius 2 is 1.87 bits per heavy atom. The number of hydrogen-bond acceptors (Lipinski definition) is 3. The molecule has 2 rings (SSSR count). The largest absolute Gasteiger partial charge is 0.396 e. The number of rotatable bonds is 3. The highest BCUT2D eigenvalue weighted by molar-refractivity contribution is 5.26. The van der Waals surface area contributed by atoms with Gasteiger partial charge in [-0.2, -0.15) is 0 Å². The van der Waals surface area contributed by atoms with Gasteiger partial charge in [0.15, 0.2) is 6.29 Å². The minimum absolute atomic E-state index is 0.176. The molecule has 1 aliphatic heterocycles. The molecule has 82 valence electrons. The average molecular weight is 208 g/mol. The van der Waals surface area contributed by atoms with E-state index in [9.17, 15) is 0 Å². The summed E-state index contributed by atoms with van der Waals surface area (Å²) in [5.41, 5.74) is 2.18. The predicted molar refractivity (Wildman–Crippen MR) is 56.6 cm³/mol. The van der Waals surface area contributed by atoms with Crippen LogP contribution < -0.4 is 0 Å². The number of benzene rings is 1. The van der Waals surface area contributed by atoms with E-state index in [4.69, 9.17) is 14.6 Å². The molecule has 0 spiro atoms. The van der Waals surface area contributed by atoms with E-state index >= 15 is 0 Å². The summed E-state index contributed by atoms with van der Waals surface area (Å²) in [6, 6.07) is 8.03. The lowest BCUT2D eigenvalue weighted by molar-refractivity contribution is -0.0441. The predicted octanol–water partition coefficient (Wildman–Crippen LogP) is 1.83. The smallest absolute Gasteiger partial charge is 0.184 e. The summed E-state index contributed by atoms with van der Waals surface area (Å²) in [5, 5.41) is 9.02. The van der Waals surface area contributed by atoms with E-state index in [-0.39, 0.29) is 18.8 Å². The number of aliphatic hydroxyl groups is 1. The fourth-order valence-corrected chi connectivity index (χ4v) is 1.64. The molecule has 15 heavy (non-hydrogen) atoms. The molecule has 0 aromatic heterocycles. The Labute approximate surface area is 89.6 Å². The second-order valence-corrected chi connectivity index (χ2v) is 3.82. The SMILES string of the molecule is CC(CO)c1ccc(C2OCCO2)cc1. The normalized spacial score (nSPS) is 19.3. The molecule has 1 aromatic carbocycles. The number of aliphatic hydroxyl groups excluding tert-OH is 1. The maximum Gasteiger partial charge on any atom is 0.184 e. The first-order valence-corrected chi connectivity index (χ1v) is 5.25. The Balaban J connectivity index is 2.09. The molecule has 3 heteroatoms. The molecule has 0 aliphatic carbocycles. The third kappa shape index (κ3) is 2.37. The van der Waals surface area contributed by atoms with Gasteiger partial charge in [-0.25, -0.2) is 0 Å². The first-order valence-electron chi connectivity index (χ1n) is 5.25. The summed E-state index contributed by atoms with van der Waals surface area (Å²) in [7, 11) is 0. The lowest BCUT2D eigenvalue weighted by atomic mass is 10.0. The lowest BCUT2D eigenvalue weighted by Gasteiger charge is -2.12. The topological polar surface area (TPSA) is 38.7 Å². The van der Waals surface area contributed by atoms with Crippen molar-refractivity contribution in [3.8, 4) is 0 Å². The zero-order chi connectivity index (χ0) is 10.7. The highest BCUT2D eigenvalue weighted by atomic mass is 16.7. The third-order valence-electron chi connectivity index (χ3n) is 2.67. The molecule has 1 fully saturated rings. The molecule has 1 heterocycles. The number of ether oxygens (including phenoxy) is 2. The van der Waals surface area contributed by atoms with E-state index in [2.05, 4.69) is 0 Å². The molecular formula is C12H16O3. The van der Waals surface area contributed by atoms with Crippen molar-refractivity contribution in [3.63, 3.8) is 0 Å². The van der Waals surface area contributed by atoms with Crippen LogP contribution >= 0.6 is 0 Å². The van der Waals surface area contributed by atoms with Crippen LogP contribution in [-0.2, 0) is 9.47 Å². The summed E-state index contributed by atoms with van der Waals surface area (Å²) in [5.74, 6) is 0.185. The van der Waals surface area contributed by atoms with Crippen LogP contribution in [-0.4, -0.2) is 24.9 Å². The van der Waals surface area contributed by atoms with Gasteiger partial charge in [-0.15, -0.1) is 0 Å². The van der Waals surface area contributed by atoms with E-state index in [1.165, 1.54) is 0 Å². The second kappa shape index (κ2) is 4.75. The van der Waals surface area contributed by atoms with Crippen molar-refractivity contribution in [1.82, 2.24) is 0 Å². The first kappa shape index (κ1) is 10.6. The Morgan fingerprint density at radius 3 is 2.40 bits per heavy atom. The Kier molecular flexibility index (Phi) is 3.36. The van der Waals surface area contributed by atoms with E-state index in [0.717, 1.165) is 11.1 Å². The minimum atomic E-state index is -0.205. The van der Waals surface area contributed by atoms with Crippen LogP contribution in [0.15, 0.2) is 24.3 Å². The van der Waals surface area contributed by atoms with Gasteiger partial charge < -0.3 is 14.6 Å². The van der Waals surface area contributed by atoms with Crippen LogP contribution in [0.25, 0.3) is 0 Å². The molecule has 1 N–H and O–H groups in total. The fourth-order valence-electron chi connectivity index (χ4n) is 1.64. The number of hydrogen-bond donors (Lipinski definition) is 1. The van der Waals surface area contributed by atoms with Crippen LogP contribution in [0.3, 0.4) is 0 Å². The minimum Gasteiger partial charge on any atom is -0.396 e. The van der Waals surface area contributed by atoms with Gasteiger partial charge in [0.25, 0.3) is 0 Å². The molecule has 1 aromatic rings. The monoisotopic (exact) mass is 208 g/mol. The first-order chi connectivity index (χ1) is 7.31. The maximum absolute atomic E-state index is 9.02. The van der Waals surface area contributed by atoms with Gasteiger partial charge in [0.1, 0.15) is 0 Å². The maximum atomic E-state index is 9.02. The van der Waals surface area contributed by atoms with Crippen molar-refractivity contribution >= 4 is 0 Å². The van der Waals surface area contributed by atoms with Crippen molar-refractivity contribution in [1.29, 1.82) is 0 Å². The van der Waals surface area contributed by atoms with E-state index in [1.54, 1.807) is 0 Å². The van der Waals surface area contributed by atoms with Gasteiger partial charge in [0, 0.05) is 18.1 Å². The summed E-state index contributed by atoms with van der Waals surface area (Å²) >= 11 is 0. The van der Waals surface area contributed by atoms with E-state index in [1.807, 2.05) is 31.2 Å². The summed E-state index contributed by atoms with van der Waals surface area (Å²) < 4.78 is 10.8. The van der Waals surface area contributed by atoms with Crippen molar-refractivity contribution < 1.29 is 14.6 Å². The van der Waals surface area contributed by atoms with Crippen LogP contribution in [0.2, 0.25) is 0 Å². The Bertz CT molecular complexity index is 301. The molecule has 1 aliphatic rings. The Hall–Kier alpha value is -0.900. The molecule has 3 nitrogen and oxygen atoms in total. The average Bonchev–Trinajstić information content (AvgIpc) is 2.82. The molecular weight excluding hydrogens is 192 g/mol. The lowest BCUT2D eigenvalue weighted by Crippen LogP contribution is -2.01. The quantitative estimate of drug-likeness (QED) is 0.823. The second-order valence-electron chi connectivity index (χ2n) is 3.82. The summed E-state index contributed by atoms with van der Waals surface area (Å²) in [4.78, 5) is 0. The van der Waals surface area contributed by atoms with Crippen molar-refractivity contribution in [2.45, 2.75) is 19.1 Å². The van der Waals surface area contributed by atoms with Crippen LogP contribution in [0.5, 0.6) is 0 Å². The van der Waals surface area contributed by atoms with Gasteiger partial charge in [0.2, 0.25) is 0 Å². The summed E-state index contributed by atoms with van der Waals surface area (Å²) in [6.07, 6.45) is -0.205. The zero-order valence-electron chi connectivity index (χ0n) is 8.85. The van der Waals surface area contributed by atoms with Crippen LogP contribution in [0, 0.1) is 0 Å². The summed E-state index contributed by atoms with van der Waals surface area (Å²) in [6.45, 7) is 3.51. The highest BCUT2D eigenvalue weighted by Crippen LogP contribution is 2.24. The molecule has 1 saturated heterocycles. The van der Waals surface area contributed by atoms with Gasteiger partial charge >= 0.3 is 0 Å². The molecule has 1 unspecified atom stereocenters. The van der Waals surface area contributed by atoms with Gasteiger partial charge in [0.05, 0.1) is 13.2 Å². The van der Waals surface area contributed by atoms with Crippen LogP contribution in [0.4, 0.5) is 0 Å². The molecule has 0 bridgehead atoms. The van der Waals surface area contributed by atoms with E-state index in [0.29, 0.717) is 13.2 Å². The zero-order valence-corrected chi connectivity index (χ0v) is 8.85. The van der Waals surface area contributed by atoms with Gasteiger partial charge in [-0.05, 0) is 5.56 Å². The van der Waals surface area contributed by atoms with Crippen LogP contribution in [0.1, 0.15) is 30.3 Å². The Morgan fingerprint density at radius 1 is 1.27 bits per heavy atom. The molecule has 0 saturated carbocycles. The van der Waals surface area contributed by atoms with Crippen molar-refractivity contribution in [2.24, 2.45) is 0 Å². The molecule has 0 radical (unpaired) electrons. The van der Waals surface area contributed by atoms with E-state index < -0.39 is 0 Å². The molecule has 0 amide bonds. The third-order valence-corrected chi connectivity index (χ3v) is 2.67.